The maximum atomic E-state index is 12.2. The number of ether oxygens (including phenoxy) is 1. The standard InChI is InChI=1S/C21H21F3N4O2/c1-19(2,3)21(29,17-12-25-8-9-26-17)16-6-4-14(10-27-16)15-5-7-18(28-11-15)30-13-20(22,23)24/h4-12,29H,13H2,1-3H3. The fourth-order valence-electron chi connectivity index (χ4n) is 2.96. The first-order valence-electron chi connectivity index (χ1n) is 9.12. The lowest BCUT2D eigenvalue weighted by Gasteiger charge is -2.39. The number of alkyl halides is 3. The molecule has 6 nitrogen and oxygen atoms in total. The second kappa shape index (κ2) is 7.98. The highest BCUT2D eigenvalue weighted by Gasteiger charge is 2.46. The first kappa shape index (κ1) is 21.6. The Morgan fingerprint density at radius 3 is 1.97 bits per heavy atom. The molecule has 1 unspecified atom stereocenters. The smallest absolute Gasteiger partial charge is 0.422 e. The number of aromatic nitrogens is 4. The van der Waals surface area contributed by atoms with Crippen molar-refractivity contribution in [2.45, 2.75) is 32.5 Å². The molecule has 0 aliphatic carbocycles. The van der Waals surface area contributed by atoms with Crippen molar-refractivity contribution in [3.05, 3.63) is 66.6 Å². The van der Waals surface area contributed by atoms with Crippen molar-refractivity contribution in [1.29, 1.82) is 0 Å². The first-order chi connectivity index (χ1) is 14.0. The van der Waals surface area contributed by atoms with Crippen LogP contribution in [0.15, 0.2) is 55.2 Å². The number of pyridine rings is 2. The van der Waals surface area contributed by atoms with Gasteiger partial charge in [0.15, 0.2) is 12.2 Å². The third kappa shape index (κ3) is 4.56. The van der Waals surface area contributed by atoms with Crippen LogP contribution in [0.25, 0.3) is 11.1 Å². The van der Waals surface area contributed by atoms with E-state index in [2.05, 4.69) is 24.7 Å². The molecule has 3 aromatic heterocycles. The van der Waals surface area contributed by atoms with Crippen LogP contribution in [0, 0.1) is 5.41 Å². The molecule has 1 atom stereocenters. The minimum Gasteiger partial charge on any atom is -0.468 e. The lowest BCUT2D eigenvalue weighted by atomic mass is 9.72. The van der Waals surface area contributed by atoms with Crippen LogP contribution >= 0.6 is 0 Å². The Bertz CT molecular complexity index is 972. The Morgan fingerprint density at radius 2 is 1.50 bits per heavy atom. The molecule has 0 amide bonds. The van der Waals surface area contributed by atoms with Gasteiger partial charge in [0.1, 0.15) is 0 Å². The zero-order valence-electron chi connectivity index (χ0n) is 16.7. The molecule has 0 saturated heterocycles. The highest BCUT2D eigenvalue weighted by atomic mass is 19.4. The molecule has 3 aromatic rings. The minimum absolute atomic E-state index is 0.120. The molecule has 0 aliphatic heterocycles. The van der Waals surface area contributed by atoms with Gasteiger partial charge in [0, 0.05) is 47.4 Å². The maximum Gasteiger partial charge on any atom is 0.422 e. The van der Waals surface area contributed by atoms with E-state index in [0.717, 1.165) is 0 Å². The van der Waals surface area contributed by atoms with Gasteiger partial charge in [0.05, 0.1) is 17.6 Å². The number of nitrogens with zero attached hydrogens (tertiary/aromatic N) is 4. The van der Waals surface area contributed by atoms with Gasteiger partial charge < -0.3 is 9.84 Å². The number of aliphatic hydroxyl groups is 1. The van der Waals surface area contributed by atoms with E-state index in [1.54, 1.807) is 24.4 Å². The second-order valence-corrected chi connectivity index (χ2v) is 7.77. The Morgan fingerprint density at radius 1 is 0.833 bits per heavy atom. The van der Waals surface area contributed by atoms with Gasteiger partial charge in [-0.3, -0.25) is 15.0 Å². The van der Waals surface area contributed by atoms with Crippen molar-refractivity contribution in [2.75, 3.05) is 6.61 Å². The van der Waals surface area contributed by atoms with Crippen LogP contribution in [0.1, 0.15) is 32.2 Å². The molecule has 0 radical (unpaired) electrons. The summed E-state index contributed by atoms with van der Waals surface area (Å²) in [6.45, 7) is 4.23. The van der Waals surface area contributed by atoms with E-state index in [1.165, 1.54) is 30.9 Å². The predicted molar refractivity (Wildman–Crippen MR) is 104 cm³/mol. The Balaban J connectivity index is 1.86. The number of hydrogen-bond donors (Lipinski definition) is 1. The molecule has 0 fully saturated rings. The highest BCUT2D eigenvalue weighted by molar-refractivity contribution is 5.62. The summed E-state index contributed by atoms with van der Waals surface area (Å²) in [7, 11) is 0. The summed E-state index contributed by atoms with van der Waals surface area (Å²) in [4.78, 5) is 16.6. The van der Waals surface area contributed by atoms with Crippen molar-refractivity contribution in [3.8, 4) is 17.0 Å². The van der Waals surface area contributed by atoms with E-state index >= 15 is 0 Å². The van der Waals surface area contributed by atoms with Gasteiger partial charge in [-0.15, -0.1) is 0 Å². The Kier molecular flexibility index (Phi) is 5.76. The number of rotatable bonds is 5. The van der Waals surface area contributed by atoms with Crippen LogP contribution in [0.4, 0.5) is 13.2 Å². The SMILES string of the molecule is CC(C)(C)C(O)(c1ccc(-c2ccc(OCC(F)(F)F)nc2)cn1)c1cnccn1. The summed E-state index contributed by atoms with van der Waals surface area (Å²) in [5.74, 6) is -0.120. The van der Waals surface area contributed by atoms with Crippen LogP contribution in [-0.2, 0) is 5.60 Å². The van der Waals surface area contributed by atoms with Gasteiger partial charge >= 0.3 is 6.18 Å². The average molecular weight is 418 g/mol. The van der Waals surface area contributed by atoms with Gasteiger partial charge in [-0.25, -0.2) is 4.98 Å². The molecule has 0 spiro atoms. The Labute approximate surface area is 171 Å². The van der Waals surface area contributed by atoms with E-state index in [9.17, 15) is 18.3 Å². The summed E-state index contributed by atoms with van der Waals surface area (Å²) in [5.41, 5.74) is 0.00310. The van der Waals surface area contributed by atoms with E-state index < -0.39 is 23.8 Å². The van der Waals surface area contributed by atoms with Gasteiger partial charge in [-0.2, -0.15) is 13.2 Å². The third-order valence-corrected chi connectivity index (χ3v) is 4.61. The molecule has 3 rings (SSSR count). The zero-order chi connectivity index (χ0) is 22.0. The molecule has 3 heterocycles. The summed E-state index contributed by atoms with van der Waals surface area (Å²) < 4.78 is 41.3. The van der Waals surface area contributed by atoms with Crippen LogP contribution in [0.5, 0.6) is 5.88 Å². The van der Waals surface area contributed by atoms with Crippen LogP contribution in [0.2, 0.25) is 0 Å². The molecule has 30 heavy (non-hydrogen) atoms. The molecule has 0 aromatic carbocycles. The molecule has 158 valence electrons. The van der Waals surface area contributed by atoms with Crippen molar-refractivity contribution < 1.29 is 23.0 Å². The minimum atomic E-state index is -4.42. The summed E-state index contributed by atoms with van der Waals surface area (Å²) in [6.07, 6.45) is 3.08. The van der Waals surface area contributed by atoms with E-state index in [-0.39, 0.29) is 5.88 Å². The van der Waals surface area contributed by atoms with Crippen molar-refractivity contribution in [3.63, 3.8) is 0 Å². The van der Waals surface area contributed by atoms with Crippen molar-refractivity contribution >= 4 is 0 Å². The number of halogens is 3. The van der Waals surface area contributed by atoms with Crippen molar-refractivity contribution in [1.82, 2.24) is 19.9 Å². The monoisotopic (exact) mass is 418 g/mol. The average Bonchev–Trinajstić information content (AvgIpc) is 2.71. The first-order valence-corrected chi connectivity index (χ1v) is 9.12. The largest absolute Gasteiger partial charge is 0.468 e. The maximum absolute atomic E-state index is 12.2. The summed E-state index contributed by atoms with van der Waals surface area (Å²) in [5, 5.41) is 11.5. The van der Waals surface area contributed by atoms with Gasteiger partial charge in [-0.1, -0.05) is 26.8 Å². The molecule has 1 N–H and O–H groups in total. The molecule has 0 aliphatic rings. The zero-order valence-corrected chi connectivity index (χ0v) is 16.7. The fourth-order valence-corrected chi connectivity index (χ4v) is 2.96. The Hall–Kier alpha value is -3.07. The second-order valence-electron chi connectivity index (χ2n) is 7.77. The van der Waals surface area contributed by atoms with Crippen LogP contribution in [0.3, 0.4) is 0 Å². The van der Waals surface area contributed by atoms with Crippen LogP contribution in [-0.4, -0.2) is 37.8 Å². The predicted octanol–water partition coefficient (Wildman–Crippen LogP) is 4.16. The van der Waals surface area contributed by atoms with Crippen molar-refractivity contribution in [2.24, 2.45) is 5.41 Å². The summed E-state index contributed by atoms with van der Waals surface area (Å²) in [6, 6.07) is 6.39. The quantitative estimate of drug-likeness (QED) is 0.670. The molecule has 9 heteroatoms. The van der Waals surface area contributed by atoms with E-state index in [1.807, 2.05) is 20.8 Å². The van der Waals surface area contributed by atoms with Gasteiger partial charge in [-0.05, 0) is 12.1 Å². The summed E-state index contributed by atoms with van der Waals surface area (Å²) >= 11 is 0. The van der Waals surface area contributed by atoms with E-state index in [4.69, 9.17) is 0 Å². The molecule has 0 bridgehead atoms. The van der Waals surface area contributed by atoms with Crippen LogP contribution < -0.4 is 4.74 Å². The highest BCUT2D eigenvalue weighted by Crippen LogP contribution is 2.43. The normalized spacial score (nSPS) is 14.2. The molecule has 0 saturated carbocycles. The third-order valence-electron chi connectivity index (χ3n) is 4.61. The fraction of sp³-hybridized carbons (Fsp3) is 0.333. The topological polar surface area (TPSA) is 81.0 Å². The molecular formula is C21H21F3N4O2. The van der Waals surface area contributed by atoms with E-state index in [0.29, 0.717) is 22.5 Å². The lowest BCUT2D eigenvalue weighted by molar-refractivity contribution is -0.154. The van der Waals surface area contributed by atoms with Gasteiger partial charge in [0.2, 0.25) is 5.88 Å². The molecular weight excluding hydrogens is 397 g/mol. The number of hydrogen-bond acceptors (Lipinski definition) is 6. The van der Waals surface area contributed by atoms with Gasteiger partial charge in [0.25, 0.3) is 0 Å². The lowest BCUT2D eigenvalue weighted by Crippen LogP contribution is -2.42.